The molecule has 4 nitrogen and oxygen atoms in total. The topological polar surface area (TPSA) is 44.4 Å². The van der Waals surface area contributed by atoms with Gasteiger partial charge in [-0.25, -0.2) is 4.39 Å². The molecule has 25 heavy (non-hydrogen) atoms. The summed E-state index contributed by atoms with van der Waals surface area (Å²) in [6, 6.07) is 6.54. The molecule has 1 unspecified atom stereocenters. The van der Waals surface area contributed by atoms with Gasteiger partial charge < -0.3 is 15.5 Å². The van der Waals surface area contributed by atoms with Crippen LogP contribution in [0.5, 0.6) is 0 Å². The van der Waals surface area contributed by atoms with Crippen molar-refractivity contribution in [3.05, 3.63) is 35.6 Å². The summed E-state index contributed by atoms with van der Waals surface area (Å²) in [6.07, 6.45) is 3.90. The van der Waals surface area contributed by atoms with Crippen LogP contribution in [0.2, 0.25) is 0 Å². The third kappa shape index (κ3) is 8.36. The number of likely N-dealkylation sites (N-methyl/N-ethyl adjacent to an activating group) is 1. The summed E-state index contributed by atoms with van der Waals surface area (Å²) in [4.78, 5) is 14.1. The second-order valence-electron chi connectivity index (χ2n) is 6.57. The van der Waals surface area contributed by atoms with Crippen molar-refractivity contribution < 1.29 is 9.18 Å². The minimum absolute atomic E-state index is 0. The number of hydrogen-bond donors (Lipinski definition) is 2. The van der Waals surface area contributed by atoms with E-state index >= 15 is 0 Å². The average Bonchev–Trinajstić information content (AvgIpc) is 2.55. The lowest BCUT2D eigenvalue weighted by Crippen LogP contribution is -2.35. The van der Waals surface area contributed by atoms with Crippen LogP contribution in [0.25, 0.3) is 0 Å². The molecule has 1 aliphatic heterocycles. The minimum Gasteiger partial charge on any atom is -0.354 e. The molecule has 1 aromatic carbocycles. The Kier molecular flexibility index (Phi) is 12.0. The smallest absolute Gasteiger partial charge is 0.220 e. The van der Waals surface area contributed by atoms with Crippen LogP contribution in [0.3, 0.4) is 0 Å². The fourth-order valence-corrected chi connectivity index (χ4v) is 3.09. The van der Waals surface area contributed by atoms with Crippen molar-refractivity contribution in [2.45, 2.75) is 31.7 Å². The number of carbonyl (C=O) groups is 1. The molecule has 1 aromatic rings. The number of nitrogens with zero attached hydrogens (tertiary/aromatic N) is 1. The summed E-state index contributed by atoms with van der Waals surface area (Å²) >= 11 is 0. The highest BCUT2D eigenvalue weighted by Crippen LogP contribution is 2.19. The van der Waals surface area contributed by atoms with Crippen LogP contribution >= 0.6 is 24.8 Å². The summed E-state index contributed by atoms with van der Waals surface area (Å²) in [6.45, 7) is 2.68. The Balaban J connectivity index is 0.00000288. The zero-order valence-corrected chi connectivity index (χ0v) is 16.6. The molecule has 1 heterocycles. The molecule has 2 rings (SSSR count). The molecule has 7 heteroatoms. The Morgan fingerprint density at radius 1 is 1.24 bits per heavy atom. The zero-order valence-electron chi connectivity index (χ0n) is 15.0. The van der Waals surface area contributed by atoms with Crippen LogP contribution in [0, 0.1) is 11.7 Å². The van der Waals surface area contributed by atoms with Crippen molar-refractivity contribution in [2.75, 3.05) is 33.7 Å². The lowest BCUT2D eigenvalue weighted by molar-refractivity contribution is -0.121. The molecule has 1 aliphatic rings. The number of carbonyl (C=O) groups excluding carboxylic acids is 1. The number of halogens is 3. The second-order valence-corrected chi connectivity index (χ2v) is 6.57. The van der Waals surface area contributed by atoms with Crippen molar-refractivity contribution in [1.29, 1.82) is 0 Å². The number of piperidine rings is 1. The van der Waals surface area contributed by atoms with Crippen molar-refractivity contribution in [3.63, 3.8) is 0 Å². The Morgan fingerprint density at radius 3 is 2.40 bits per heavy atom. The number of rotatable bonds is 7. The van der Waals surface area contributed by atoms with Crippen LogP contribution in [-0.4, -0.2) is 44.5 Å². The summed E-state index contributed by atoms with van der Waals surface area (Å²) in [5.74, 6) is 0.540. The largest absolute Gasteiger partial charge is 0.354 e. The average molecular weight is 394 g/mol. The van der Waals surface area contributed by atoms with Crippen molar-refractivity contribution >= 4 is 30.7 Å². The first-order chi connectivity index (χ1) is 11.1. The van der Waals surface area contributed by atoms with Crippen molar-refractivity contribution in [2.24, 2.45) is 5.92 Å². The van der Waals surface area contributed by atoms with Gasteiger partial charge in [-0.1, -0.05) is 12.1 Å². The number of hydrogen-bond acceptors (Lipinski definition) is 3. The van der Waals surface area contributed by atoms with Gasteiger partial charge in [-0.15, -0.1) is 24.8 Å². The van der Waals surface area contributed by atoms with Crippen LogP contribution in [0.15, 0.2) is 24.3 Å². The monoisotopic (exact) mass is 393 g/mol. The van der Waals surface area contributed by atoms with Gasteiger partial charge in [-0.05, 0) is 70.1 Å². The van der Waals surface area contributed by atoms with E-state index in [1.165, 1.54) is 25.0 Å². The molecule has 1 amide bonds. The third-order valence-corrected chi connectivity index (χ3v) is 4.61. The van der Waals surface area contributed by atoms with E-state index < -0.39 is 0 Å². The van der Waals surface area contributed by atoms with E-state index in [0.29, 0.717) is 18.9 Å². The Hall–Kier alpha value is -0.880. The van der Waals surface area contributed by atoms with Crippen LogP contribution in [-0.2, 0) is 4.79 Å². The maximum atomic E-state index is 13.1. The maximum absolute atomic E-state index is 13.1. The highest BCUT2D eigenvalue weighted by atomic mass is 35.5. The normalized spacial score (nSPS) is 15.8. The molecule has 0 aromatic heterocycles. The van der Waals surface area contributed by atoms with Crippen molar-refractivity contribution in [1.82, 2.24) is 15.5 Å². The van der Waals surface area contributed by atoms with E-state index in [0.717, 1.165) is 25.1 Å². The second kappa shape index (κ2) is 12.5. The van der Waals surface area contributed by atoms with Gasteiger partial charge in [0.05, 0.1) is 6.04 Å². The fourth-order valence-electron chi connectivity index (χ4n) is 3.09. The predicted molar refractivity (Wildman–Crippen MR) is 105 cm³/mol. The van der Waals surface area contributed by atoms with Gasteiger partial charge >= 0.3 is 0 Å². The van der Waals surface area contributed by atoms with Crippen LogP contribution in [0.1, 0.15) is 37.3 Å². The Labute approximate surface area is 162 Å². The molecule has 1 fully saturated rings. The first-order valence-corrected chi connectivity index (χ1v) is 8.45. The molecule has 0 bridgehead atoms. The molecule has 2 N–H and O–H groups in total. The minimum atomic E-state index is -0.239. The van der Waals surface area contributed by atoms with Gasteiger partial charge in [0.15, 0.2) is 0 Å². The zero-order chi connectivity index (χ0) is 16.7. The predicted octanol–water partition coefficient (Wildman–Crippen LogP) is 3.17. The molecule has 0 radical (unpaired) electrons. The standard InChI is InChI=1S/C18H28FN3O.2ClH/c1-22(2)17(15-4-6-16(19)7-5-15)13-21-18(23)8-3-14-9-11-20-12-10-14;;/h4-7,14,17,20H,3,8-13H2,1-2H3,(H,21,23);2*1H. The SMILES string of the molecule is CN(C)C(CNC(=O)CCC1CCNCC1)c1ccc(F)cc1.Cl.Cl. The highest BCUT2D eigenvalue weighted by Gasteiger charge is 2.17. The van der Waals surface area contributed by atoms with E-state index in [1.807, 2.05) is 19.0 Å². The van der Waals surface area contributed by atoms with Gasteiger partial charge in [0.1, 0.15) is 5.82 Å². The number of amides is 1. The molecule has 1 saturated heterocycles. The van der Waals surface area contributed by atoms with E-state index in [9.17, 15) is 9.18 Å². The first-order valence-electron chi connectivity index (χ1n) is 8.45. The van der Waals surface area contributed by atoms with Gasteiger partial charge in [0.25, 0.3) is 0 Å². The van der Waals surface area contributed by atoms with Gasteiger partial charge in [0, 0.05) is 13.0 Å². The van der Waals surface area contributed by atoms with Crippen LogP contribution in [0.4, 0.5) is 4.39 Å². The lowest BCUT2D eigenvalue weighted by Gasteiger charge is -2.25. The van der Waals surface area contributed by atoms with Gasteiger partial charge in [-0.3, -0.25) is 4.79 Å². The quantitative estimate of drug-likeness (QED) is 0.747. The molecule has 0 aliphatic carbocycles. The summed E-state index contributed by atoms with van der Waals surface area (Å²) < 4.78 is 13.1. The van der Waals surface area contributed by atoms with Crippen LogP contribution < -0.4 is 10.6 Å². The summed E-state index contributed by atoms with van der Waals surface area (Å²) in [5, 5.41) is 6.37. The number of nitrogens with one attached hydrogen (secondary N) is 2. The number of benzene rings is 1. The third-order valence-electron chi connectivity index (χ3n) is 4.61. The van der Waals surface area contributed by atoms with Gasteiger partial charge in [0.2, 0.25) is 5.91 Å². The highest BCUT2D eigenvalue weighted by molar-refractivity contribution is 5.85. The first kappa shape index (κ1) is 24.1. The summed E-state index contributed by atoms with van der Waals surface area (Å²) in [7, 11) is 3.93. The molecule has 0 saturated carbocycles. The molecule has 1 atom stereocenters. The summed E-state index contributed by atoms with van der Waals surface area (Å²) in [5.41, 5.74) is 1.01. The Bertz CT molecular complexity index is 494. The molecular weight excluding hydrogens is 364 g/mol. The molecular formula is C18H30Cl2FN3O. The van der Waals surface area contributed by atoms with E-state index in [-0.39, 0.29) is 42.6 Å². The van der Waals surface area contributed by atoms with Gasteiger partial charge in [-0.2, -0.15) is 0 Å². The van der Waals surface area contributed by atoms with E-state index in [1.54, 1.807) is 12.1 Å². The molecule has 0 spiro atoms. The Morgan fingerprint density at radius 2 is 1.84 bits per heavy atom. The fraction of sp³-hybridized carbons (Fsp3) is 0.611. The lowest BCUT2D eigenvalue weighted by atomic mass is 9.93. The molecule has 144 valence electrons. The van der Waals surface area contributed by atoms with E-state index in [4.69, 9.17) is 0 Å². The van der Waals surface area contributed by atoms with Crippen molar-refractivity contribution in [3.8, 4) is 0 Å². The van der Waals surface area contributed by atoms with E-state index in [2.05, 4.69) is 10.6 Å². The maximum Gasteiger partial charge on any atom is 0.220 e.